The van der Waals surface area contributed by atoms with Crippen LogP contribution in [0.15, 0.2) is 49.1 Å². The van der Waals surface area contributed by atoms with E-state index < -0.39 is 44.1 Å². The smallest absolute Gasteiger partial charge is 0.534 e. The molecule has 12 heteroatoms. The molecule has 1 aliphatic rings. The van der Waals surface area contributed by atoms with E-state index in [9.17, 15) is 21.6 Å². The maximum atomic E-state index is 13.8. The van der Waals surface area contributed by atoms with E-state index in [1.165, 1.54) is 12.1 Å². The van der Waals surface area contributed by atoms with E-state index in [-0.39, 0.29) is 26.9 Å². The Labute approximate surface area is 282 Å². The highest BCUT2D eigenvalue weighted by Crippen LogP contribution is 2.52. The molecule has 1 heterocycles. The number of benzene rings is 2. The van der Waals surface area contributed by atoms with Crippen molar-refractivity contribution in [3.8, 4) is 22.6 Å². The van der Waals surface area contributed by atoms with E-state index in [0.29, 0.717) is 17.5 Å². The Morgan fingerprint density at radius 1 is 0.915 bits per heavy atom. The van der Waals surface area contributed by atoms with Crippen molar-refractivity contribution in [3.05, 3.63) is 60.2 Å². The lowest BCUT2D eigenvalue weighted by molar-refractivity contribution is -0.0499. The van der Waals surface area contributed by atoms with Gasteiger partial charge in [-0.2, -0.15) is 21.6 Å². The van der Waals surface area contributed by atoms with Crippen molar-refractivity contribution in [1.82, 2.24) is 0 Å². The van der Waals surface area contributed by atoms with E-state index in [1.54, 1.807) is 18.2 Å². The van der Waals surface area contributed by atoms with Crippen molar-refractivity contribution in [2.45, 2.75) is 122 Å². The summed E-state index contributed by atoms with van der Waals surface area (Å²) in [7, 11) is -11.1. The number of rotatable bonds is 10. The summed E-state index contributed by atoms with van der Waals surface area (Å²) in [5.41, 5.74) is -2.12. The van der Waals surface area contributed by atoms with Gasteiger partial charge in [0.15, 0.2) is 14.1 Å². The quantitative estimate of drug-likeness (QED) is 0.114. The zero-order valence-electron chi connectivity index (χ0n) is 30.1. The predicted molar refractivity (Wildman–Crippen MR) is 192 cm³/mol. The summed E-state index contributed by atoms with van der Waals surface area (Å²) in [5, 5.41) is 3.14. The van der Waals surface area contributed by atoms with Crippen LogP contribution in [-0.4, -0.2) is 36.1 Å². The van der Waals surface area contributed by atoms with Crippen molar-refractivity contribution >= 4 is 38.0 Å². The molecule has 3 rings (SSSR count). The molecule has 0 saturated heterocycles. The molecule has 6 nitrogen and oxygen atoms in total. The van der Waals surface area contributed by atoms with Crippen LogP contribution in [-0.2, 0) is 14.5 Å². The summed E-state index contributed by atoms with van der Waals surface area (Å²) in [6.07, 6.45) is 3.69. The standard InChI is InChI=1S/C35H52F3NO5SSi2/c1-15-17-27(43-46(11,12)32(3,4)5)31-24(20-21-25-29(31)23(2)22-34(9,10)39-25)30-26(42-45(40,41)35(36,37)38)18-16-19-28(30)44-47(13,14)33(6,7)8/h15-16,18-22,27,39H,1,17H2,2-14H3/t27-/m1/s1. The Morgan fingerprint density at radius 3 is 1.98 bits per heavy atom. The molecule has 2 aromatic carbocycles. The fourth-order valence-electron chi connectivity index (χ4n) is 5.13. The third kappa shape index (κ3) is 8.20. The van der Waals surface area contributed by atoms with Gasteiger partial charge in [-0.25, -0.2) is 0 Å². The number of allylic oxidation sites excluding steroid dienone is 1. The second-order valence-corrected chi connectivity index (χ2v) is 27.0. The molecule has 1 N–H and O–H groups in total. The molecule has 1 aliphatic heterocycles. The monoisotopic (exact) mass is 711 g/mol. The van der Waals surface area contributed by atoms with E-state index >= 15 is 0 Å². The number of fused-ring (bicyclic) bond motifs is 1. The number of anilines is 1. The van der Waals surface area contributed by atoms with Gasteiger partial charge in [0.1, 0.15) is 5.75 Å². The van der Waals surface area contributed by atoms with E-state index in [0.717, 1.165) is 16.8 Å². The molecule has 47 heavy (non-hydrogen) atoms. The third-order valence-corrected chi connectivity index (χ3v) is 19.3. The fourth-order valence-corrected chi connectivity index (χ4v) is 7.91. The van der Waals surface area contributed by atoms with Gasteiger partial charge in [0.2, 0.25) is 0 Å². The fraction of sp³-hybridized carbons (Fsp3) is 0.543. The molecule has 262 valence electrons. The summed E-state index contributed by atoms with van der Waals surface area (Å²) >= 11 is 0. The molecule has 0 spiro atoms. The normalized spacial score (nSPS) is 16.5. The van der Waals surface area contributed by atoms with Crippen LogP contribution in [0.3, 0.4) is 0 Å². The highest BCUT2D eigenvalue weighted by molar-refractivity contribution is 7.88. The van der Waals surface area contributed by atoms with E-state index in [2.05, 4.69) is 65.7 Å². The van der Waals surface area contributed by atoms with Gasteiger partial charge in [-0.05, 0) is 98.4 Å². The predicted octanol–water partition coefficient (Wildman–Crippen LogP) is 11.2. The molecule has 0 fully saturated rings. The lowest BCUT2D eigenvalue weighted by Gasteiger charge is -2.41. The van der Waals surface area contributed by atoms with Crippen molar-refractivity contribution in [2.24, 2.45) is 0 Å². The van der Waals surface area contributed by atoms with Crippen LogP contribution in [0.4, 0.5) is 18.9 Å². The van der Waals surface area contributed by atoms with E-state index in [4.69, 9.17) is 13.0 Å². The molecule has 0 aliphatic carbocycles. The first-order chi connectivity index (χ1) is 21.1. The SMILES string of the molecule is C=CC[C@@H](O[Si](C)(C)C(C)(C)C)c1c(-c2c(O[Si](C)(C)C(C)(C)C)cccc2OS(=O)(=O)C(F)(F)F)ccc2c1C(C)=CC(C)(C)N2. The molecule has 0 amide bonds. The van der Waals surface area contributed by atoms with Gasteiger partial charge < -0.3 is 18.4 Å². The van der Waals surface area contributed by atoms with Gasteiger partial charge in [0, 0.05) is 11.3 Å². The van der Waals surface area contributed by atoms with E-state index in [1.807, 2.05) is 46.9 Å². The summed E-state index contributed by atoms with van der Waals surface area (Å²) in [6.45, 7) is 31.0. The first-order valence-corrected chi connectivity index (χ1v) is 23.0. The van der Waals surface area contributed by atoms with Crippen LogP contribution < -0.4 is 13.9 Å². The molecular weight excluding hydrogens is 660 g/mol. The van der Waals surface area contributed by atoms with Gasteiger partial charge in [0.05, 0.1) is 17.2 Å². The topological polar surface area (TPSA) is 73.9 Å². The highest BCUT2D eigenvalue weighted by atomic mass is 32.2. The Bertz CT molecular complexity index is 1650. The number of halogens is 3. The summed E-state index contributed by atoms with van der Waals surface area (Å²) in [4.78, 5) is 0. The summed E-state index contributed by atoms with van der Waals surface area (Å²) < 4.78 is 85.1. The molecule has 0 saturated carbocycles. The molecule has 0 radical (unpaired) electrons. The van der Waals surface area contributed by atoms with Crippen molar-refractivity contribution in [1.29, 1.82) is 0 Å². The minimum absolute atomic E-state index is 0.119. The maximum Gasteiger partial charge on any atom is 0.534 e. The molecule has 0 aromatic heterocycles. The Balaban J connectivity index is 2.55. The van der Waals surface area contributed by atoms with Gasteiger partial charge in [-0.3, -0.25) is 0 Å². The number of hydrogen-bond acceptors (Lipinski definition) is 6. The third-order valence-electron chi connectivity index (χ3n) is 9.53. The molecule has 1 atom stereocenters. The Hall–Kier alpha value is -2.55. The summed E-state index contributed by atoms with van der Waals surface area (Å²) in [5.74, 6) is -0.238. The van der Waals surface area contributed by atoms with Crippen LogP contribution in [0.2, 0.25) is 36.3 Å². The van der Waals surface area contributed by atoms with Gasteiger partial charge in [-0.15, -0.1) is 6.58 Å². The average Bonchev–Trinajstić information content (AvgIpc) is 2.85. The molecule has 0 bridgehead atoms. The molecular formula is C35H52F3NO5SSi2. The second kappa shape index (κ2) is 12.7. The van der Waals surface area contributed by atoms with Crippen molar-refractivity contribution in [3.63, 3.8) is 0 Å². The largest absolute Gasteiger partial charge is 0.543 e. The minimum Gasteiger partial charge on any atom is -0.543 e. The van der Waals surface area contributed by atoms with Gasteiger partial charge in [-0.1, -0.05) is 65.8 Å². The maximum absolute atomic E-state index is 13.8. The van der Waals surface area contributed by atoms with Crippen LogP contribution >= 0.6 is 0 Å². The van der Waals surface area contributed by atoms with Crippen LogP contribution in [0.25, 0.3) is 16.7 Å². The van der Waals surface area contributed by atoms with Gasteiger partial charge >= 0.3 is 15.6 Å². The molecule has 2 aromatic rings. The Kier molecular flexibility index (Phi) is 10.5. The zero-order valence-corrected chi connectivity index (χ0v) is 32.9. The number of alkyl halides is 3. The van der Waals surface area contributed by atoms with Crippen LogP contribution in [0.5, 0.6) is 11.5 Å². The molecule has 0 unspecified atom stereocenters. The van der Waals surface area contributed by atoms with Crippen molar-refractivity contribution in [2.75, 3.05) is 5.32 Å². The van der Waals surface area contributed by atoms with Crippen molar-refractivity contribution < 1.29 is 34.6 Å². The highest BCUT2D eigenvalue weighted by Gasteiger charge is 2.49. The average molecular weight is 712 g/mol. The summed E-state index contributed by atoms with van der Waals surface area (Å²) in [6, 6.07) is 8.01. The first kappa shape index (κ1) is 38.9. The first-order valence-electron chi connectivity index (χ1n) is 15.8. The second-order valence-electron chi connectivity index (χ2n) is 16.0. The minimum atomic E-state index is -6.01. The zero-order chi connectivity index (χ0) is 36.2. The number of nitrogens with one attached hydrogen (secondary N) is 1. The lowest BCUT2D eigenvalue weighted by atomic mass is 9.82. The Morgan fingerprint density at radius 2 is 1.47 bits per heavy atom. The van der Waals surface area contributed by atoms with Crippen LogP contribution in [0, 0.1) is 0 Å². The lowest BCUT2D eigenvalue weighted by Crippen LogP contribution is -2.44. The van der Waals surface area contributed by atoms with Gasteiger partial charge in [0.25, 0.3) is 8.32 Å². The van der Waals surface area contributed by atoms with Crippen LogP contribution in [0.1, 0.15) is 86.0 Å². The number of hydrogen-bond donors (Lipinski definition) is 1.